The number of rotatable bonds is 7. The van der Waals surface area contributed by atoms with Crippen molar-refractivity contribution in [3.63, 3.8) is 0 Å². The number of fused-ring (bicyclic) bond motifs is 1. The fourth-order valence-electron chi connectivity index (χ4n) is 3.79. The number of hydrogen-bond acceptors (Lipinski definition) is 6. The van der Waals surface area contributed by atoms with E-state index in [1.165, 1.54) is 25.7 Å². The Kier molecular flexibility index (Phi) is 4.50. The summed E-state index contributed by atoms with van der Waals surface area (Å²) in [6.07, 6.45) is 7.39. The van der Waals surface area contributed by atoms with E-state index in [0.29, 0.717) is 18.6 Å². The summed E-state index contributed by atoms with van der Waals surface area (Å²) in [6.45, 7) is 0.630. The van der Waals surface area contributed by atoms with Gasteiger partial charge in [-0.15, -0.1) is 15.3 Å². The Bertz CT molecular complexity index is 976. The van der Waals surface area contributed by atoms with E-state index in [0.717, 1.165) is 47.2 Å². The Morgan fingerprint density at radius 2 is 1.93 bits per heavy atom. The van der Waals surface area contributed by atoms with Crippen LogP contribution in [0.4, 0.5) is 5.82 Å². The summed E-state index contributed by atoms with van der Waals surface area (Å²) in [6, 6.07) is 9.92. The summed E-state index contributed by atoms with van der Waals surface area (Å²) >= 11 is 0. The average Bonchev–Trinajstić information content (AvgIpc) is 3.27. The van der Waals surface area contributed by atoms with Gasteiger partial charge in [0.05, 0.1) is 13.2 Å². The molecule has 2 aliphatic carbocycles. The van der Waals surface area contributed by atoms with Crippen molar-refractivity contribution >= 4 is 11.5 Å². The van der Waals surface area contributed by atoms with E-state index in [1.54, 1.807) is 7.11 Å². The van der Waals surface area contributed by atoms with Crippen LogP contribution in [-0.4, -0.2) is 33.0 Å². The maximum Gasteiger partial charge on any atom is 0.178 e. The van der Waals surface area contributed by atoms with E-state index in [1.807, 2.05) is 28.8 Å². The molecule has 0 atom stereocenters. The molecule has 28 heavy (non-hydrogen) atoms. The van der Waals surface area contributed by atoms with Crippen LogP contribution in [0.15, 0.2) is 30.3 Å². The van der Waals surface area contributed by atoms with Gasteiger partial charge in [0.2, 0.25) is 0 Å². The first-order valence-corrected chi connectivity index (χ1v) is 10.1. The van der Waals surface area contributed by atoms with Gasteiger partial charge in [-0.25, -0.2) is 0 Å². The molecule has 0 spiro atoms. The van der Waals surface area contributed by atoms with Gasteiger partial charge in [-0.3, -0.25) is 0 Å². The van der Waals surface area contributed by atoms with Gasteiger partial charge in [0.1, 0.15) is 17.3 Å². The molecular weight excluding hydrogens is 354 g/mol. The van der Waals surface area contributed by atoms with Crippen LogP contribution < -0.4 is 14.8 Å². The summed E-state index contributed by atoms with van der Waals surface area (Å²) in [5.41, 5.74) is 1.89. The van der Waals surface area contributed by atoms with Crippen LogP contribution in [0.25, 0.3) is 5.65 Å². The van der Waals surface area contributed by atoms with E-state index >= 15 is 0 Å². The van der Waals surface area contributed by atoms with Gasteiger partial charge < -0.3 is 14.8 Å². The molecule has 3 aromatic rings. The second kappa shape index (κ2) is 7.30. The maximum absolute atomic E-state index is 6.29. The van der Waals surface area contributed by atoms with Gasteiger partial charge in [-0.2, -0.15) is 4.52 Å². The molecule has 0 radical (unpaired) electrons. The summed E-state index contributed by atoms with van der Waals surface area (Å²) in [7, 11) is 1.68. The highest BCUT2D eigenvalue weighted by Gasteiger charge is 2.29. The van der Waals surface area contributed by atoms with Crippen LogP contribution >= 0.6 is 0 Å². The summed E-state index contributed by atoms with van der Waals surface area (Å²) < 4.78 is 13.5. The minimum atomic E-state index is 0.304. The molecule has 2 heterocycles. The SMILES string of the molecule is COc1ccc(CNc2ccc3nnc(C4CC4)n3n2)c(OC2CCCC2)c1. The number of aromatic nitrogens is 4. The zero-order valence-corrected chi connectivity index (χ0v) is 16.1. The standard InChI is InChI=1S/C21H25N5O2/c1-27-17-9-8-15(18(12-17)28-16-4-2-3-5-16)13-22-19-10-11-20-23-24-21(14-6-7-14)26(20)25-19/h8-12,14,16H,2-7,13H2,1H3,(H,22,25). The lowest BCUT2D eigenvalue weighted by molar-refractivity contribution is 0.207. The van der Waals surface area contributed by atoms with Crippen molar-refractivity contribution < 1.29 is 9.47 Å². The van der Waals surface area contributed by atoms with Crippen LogP contribution in [0, 0.1) is 0 Å². The normalized spacial score (nSPS) is 17.2. The Hall–Kier alpha value is -2.83. The summed E-state index contributed by atoms with van der Waals surface area (Å²) in [5, 5.41) is 16.6. The predicted molar refractivity (Wildman–Crippen MR) is 106 cm³/mol. The first-order valence-electron chi connectivity index (χ1n) is 10.1. The number of nitrogens with zero attached hydrogens (tertiary/aromatic N) is 4. The molecule has 7 nitrogen and oxygen atoms in total. The molecule has 2 aromatic heterocycles. The first-order chi connectivity index (χ1) is 13.8. The lowest BCUT2D eigenvalue weighted by Crippen LogP contribution is -2.13. The molecule has 146 valence electrons. The number of anilines is 1. The highest BCUT2D eigenvalue weighted by atomic mass is 16.5. The molecule has 0 unspecified atom stereocenters. The van der Waals surface area contributed by atoms with Crippen molar-refractivity contribution in [2.45, 2.75) is 57.1 Å². The Balaban J connectivity index is 1.35. The van der Waals surface area contributed by atoms with Crippen LogP contribution in [-0.2, 0) is 6.54 Å². The third-order valence-corrected chi connectivity index (χ3v) is 5.56. The van der Waals surface area contributed by atoms with Gasteiger partial charge in [-0.05, 0) is 62.8 Å². The Labute approximate surface area is 164 Å². The molecule has 2 aliphatic rings. The highest BCUT2D eigenvalue weighted by Crippen LogP contribution is 2.38. The van der Waals surface area contributed by atoms with Crippen LogP contribution in [0.3, 0.4) is 0 Å². The minimum Gasteiger partial charge on any atom is -0.497 e. The van der Waals surface area contributed by atoms with E-state index in [2.05, 4.69) is 21.6 Å². The molecule has 5 rings (SSSR count). The third kappa shape index (κ3) is 3.48. The summed E-state index contributed by atoms with van der Waals surface area (Å²) in [5.74, 6) is 3.98. The minimum absolute atomic E-state index is 0.304. The first kappa shape index (κ1) is 17.3. The fourth-order valence-corrected chi connectivity index (χ4v) is 3.79. The van der Waals surface area contributed by atoms with E-state index in [-0.39, 0.29) is 0 Å². The zero-order chi connectivity index (χ0) is 18.9. The van der Waals surface area contributed by atoms with Crippen molar-refractivity contribution in [1.29, 1.82) is 0 Å². The Morgan fingerprint density at radius 1 is 1.07 bits per heavy atom. The molecule has 0 bridgehead atoms. The van der Waals surface area contributed by atoms with Crippen molar-refractivity contribution in [3.05, 3.63) is 41.7 Å². The lowest BCUT2D eigenvalue weighted by atomic mass is 10.1. The summed E-state index contributed by atoms with van der Waals surface area (Å²) in [4.78, 5) is 0. The third-order valence-electron chi connectivity index (χ3n) is 5.56. The number of hydrogen-bond donors (Lipinski definition) is 1. The van der Waals surface area contributed by atoms with Crippen molar-refractivity contribution in [3.8, 4) is 11.5 Å². The second-order valence-electron chi connectivity index (χ2n) is 7.67. The molecule has 2 fully saturated rings. The largest absolute Gasteiger partial charge is 0.497 e. The van der Waals surface area contributed by atoms with E-state index in [4.69, 9.17) is 14.6 Å². The highest BCUT2D eigenvalue weighted by molar-refractivity contribution is 5.47. The van der Waals surface area contributed by atoms with Gasteiger partial charge in [0, 0.05) is 24.1 Å². The van der Waals surface area contributed by atoms with Crippen LogP contribution in [0.1, 0.15) is 55.8 Å². The molecule has 7 heteroatoms. The number of ether oxygens (including phenoxy) is 2. The molecule has 1 N–H and O–H groups in total. The Morgan fingerprint density at radius 3 is 2.71 bits per heavy atom. The quantitative estimate of drug-likeness (QED) is 0.670. The van der Waals surface area contributed by atoms with E-state index < -0.39 is 0 Å². The predicted octanol–water partition coefficient (Wildman–Crippen LogP) is 3.94. The number of methoxy groups -OCH3 is 1. The zero-order valence-electron chi connectivity index (χ0n) is 16.1. The molecule has 0 saturated heterocycles. The van der Waals surface area contributed by atoms with Gasteiger partial charge in [0.25, 0.3) is 0 Å². The average molecular weight is 379 g/mol. The van der Waals surface area contributed by atoms with Crippen molar-refractivity contribution in [2.75, 3.05) is 12.4 Å². The number of nitrogens with one attached hydrogen (secondary N) is 1. The van der Waals surface area contributed by atoms with E-state index in [9.17, 15) is 0 Å². The molecule has 0 aliphatic heterocycles. The second-order valence-corrected chi connectivity index (χ2v) is 7.67. The lowest BCUT2D eigenvalue weighted by Gasteiger charge is -2.18. The number of benzene rings is 1. The van der Waals surface area contributed by atoms with Crippen molar-refractivity contribution in [1.82, 2.24) is 19.8 Å². The van der Waals surface area contributed by atoms with Crippen molar-refractivity contribution in [2.24, 2.45) is 0 Å². The maximum atomic E-state index is 6.29. The van der Waals surface area contributed by atoms with Gasteiger partial charge in [0.15, 0.2) is 11.5 Å². The molecule has 2 saturated carbocycles. The monoisotopic (exact) mass is 379 g/mol. The molecular formula is C21H25N5O2. The van der Waals surface area contributed by atoms with Crippen LogP contribution in [0.5, 0.6) is 11.5 Å². The topological polar surface area (TPSA) is 73.6 Å². The van der Waals surface area contributed by atoms with Crippen LogP contribution in [0.2, 0.25) is 0 Å². The van der Waals surface area contributed by atoms with Gasteiger partial charge >= 0.3 is 0 Å². The molecule has 0 amide bonds. The van der Waals surface area contributed by atoms with Gasteiger partial charge in [-0.1, -0.05) is 0 Å². The fraction of sp³-hybridized carbons (Fsp3) is 0.476. The molecule has 1 aromatic carbocycles. The smallest absolute Gasteiger partial charge is 0.178 e.